The Kier molecular flexibility index (Phi) is 4.25. The van der Waals surface area contributed by atoms with E-state index in [2.05, 4.69) is 29.8 Å². The van der Waals surface area contributed by atoms with Gasteiger partial charge in [-0.25, -0.2) is 0 Å². The van der Waals surface area contributed by atoms with Gasteiger partial charge in [-0.15, -0.1) is 11.3 Å². The second-order valence-electron chi connectivity index (χ2n) is 5.38. The van der Waals surface area contributed by atoms with Gasteiger partial charge in [0, 0.05) is 29.3 Å². The molecule has 0 fully saturated rings. The van der Waals surface area contributed by atoms with Crippen LogP contribution in [0.25, 0.3) is 0 Å². The van der Waals surface area contributed by atoms with E-state index in [1.165, 1.54) is 16.0 Å². The van der Waals surface area contributed by atoms with Crippen molar-refractivity contribution < 1.29 is 9.53 Å². The molecule has 1 N–H and O–H groups in total. The van der Waals surface area contributed by atoms with Crippen LogP contribution in [-0.2, 0) is 11.2 Å². The number of hydrogen-bond donors (Lipinski definition) is 1. The van der Waals surface area contributed by atoms with Crippen LogP contribution in [0.5, 0.6) is 5.75 Å². The van der Waals surface area contributed by atoms with Crippen molar-refractivity contribution in [2.24, 2.45) is 0 Å². The summed E-state index contributed by atoms with van der Waals surface area (Å²) in [6.45, 7) is 3.40. The number of ether oxygens (including phenoxy) is 1. The molecule has 2 aromatic rings. The molecular formula is C17H19NO2S. The maximum absolute atomic E-state index is 12.0. The summed E-state index contributed by atoms with van der Waals surface area (Å²) in [4.78, 5) is 13.3. The van der Waals surface area contributed by atoms with E-state index in [4.69, 9.17) is 4.74 Å². The van der Waals surface area contributed by atoms with Crippen LogP contribution >= 0.6 is 11.3 Å². The SMILES string of the molecule is Cc1ccsc1CCC(=O)NC[C@@H]1COc2ccccc21. The van der Waals surface area contributed by atoms with Crippen LogP contribution in [0.2, 0.25) is 0 Å². The summed E-state index contributed by atoms with van der Waals surface area (Å²) in [6, 6.07) is 10.2. The van der Waals surface area contributed by atoms with Gasteiger partial charge in [-0.05, 0) is 36.4 Å². The number of carbonyl (C=O) groups is 1. The van der Waals surface area contributed by atoms with E-state index in [9.17, 15) is 4.79 Å². The molecule has 2 heterocycles. The molecule has 0 radical (unpaired) electrons. The fraction of sp³-hybridized carbons (Fsp3) is 0.353. The number of nitrogens with one attached hydrogen (secondary N) is 1. The van der Waals surface area contributed by atoms with Crippen LogP contribution < -0.4 is 10.1 Å². The van der Waals surface area contributed by atoms with Gasteiger partial charge < -0.3 is 10.1 Å². The molecule has 4 heteroatoms. The first-order valence-corrected chi connectivity index (χ1v) is 8.13. The van der Waals surface area contributed by atoms with Crippen molar-refractivity contribution in [2.45, 2.75) is 25.7 Å². The van der Waals surface area contributed by atoms with Gasteiger partial charge in [-0.3, -0.25) is 4.79 Å². The zero-order valence-corrected chi connectivity index (χ0v) is 12.9. The summed E-state index contributed by atoms with van der Waals surface area (Å²) in [7, 11) is 0. The van der Waals surface area contributed by atoms with E-state index < -0.39 is 0 Å². The largest absolute Gasteiger partial charge is 0.493 e. The van der Waals surface area contributed by atoms with Crippen molar-refractivity contribution in [1.82, 2.24) is 5.32 Å². The Balaban J connectivity index is 1.48. The normalized spacial score (nSPS) is 16.3. The number of thiophene rings is 1. The topological polar surface area (TPSA) is 38.3 Å². The summed E-state index contributed by atoms with van der Waals surface area (Å²) in [6.07, 6.45) is 1.38. The third-order valence-electron chi connectivity index (χ3n) is 3.89. The van der Waals surface area contributed by atoms with Gasteiger partial charge in [0.1, 0.15) is 5.75 Å². The van der Waals surface area contributed by atoms with Crippen LogP contribution in [0, 0.1) is 6.92 Å². The number of hydrogen-bond acceptors (Lipinski definition) is 3. The maximum atomic E-state index is 12.0. The first-order chi connectivity index (χ1) is 10.2. The maximum Gasteiger partial charge on any atom is 0.220 e. The van der Waals surface area contributed by atoms with Crippen molar-refractivity contribution >= 4 is 17.2 Å². The number of fused-ring (bicyclic) bond motifs is 1. The molecule has 3 rings (SSSR count). The Bertz CT molecular complexity index is 635. The average Bonchev–Trinajstić information content (AvgIpc) is 3.09. The number of rotatable bonds is 5. The minimum Gasteiger partial charge on any atom is -0.493 e. The Morgan fingerprint density at radius 1 is 1.38 bits per heavy atom. The van der Waals surface area contributed by atoms with Crippen LogP contribution in [0.4, 0.5) is 0 Å². The lowest BCUT2D eigenvalue weighted by molar-refractivity contribution is -0.121. The smallest absolute Gasteiger partial charge is 0.220 e. The Morgan fingerprint density at radius 2 is 2.24 bits per heavy atom. The zero-order valence-electron chi connectivity index (χ0n) is 12.1. The molecule has 1 aliphatic rings. The van der Waals surface area contributed by atoms with Crippen LogP contribution in [0.3, 0.4) is 0 Å². The van der Waals surface area contributed by atoms with Crippen LogP contribution in [0.1, 0.15) is 28.3 Å². The standard InChI is InChI=1S/C17H19NO2S/c1-12-8-9-21-16(12)6-7-17(19)18-10-13-11-20-15-5-3-2-4-14(13)15/h2-5,8-9,13H,6-7,10-11H2,1H3,(H,18,19)/t13-/m1/s1. The van der Waals surface area contributed by atoms with Gasteiger partial charge in [0.15, 0.2) is 0 Å². The minimum atomic E-state index is 0.118. The highest BCUT2D eigenvalue weighted by Gasteiger charge is 2.23. The van der Waals surface area contributed by atoms with Gasteiger partial charge in [0.05, 0.1) is 6.61 Å². The van der Waals surface area contributed by atoms with Gasteiger partial charge in [0.25, 0.3) is 0 Å². The van der Waals surface area contributed by atoms with E-state index >= 15 is 0 Å². The zero-order chi connectivity index (χ0) is 14.7. The predicted octanol–water partition coefficient (Wildman–Crippen LogP) is 3.28. The molecule has 1 aromatic carbocycles. The van der Waals surface area contributed by atoms with Gasteiger partial charge in [0.2, 0.25) is 5.91 Å². The first-order valence-electron chi connectivity index (χ1n) is 7.25. The van der Waals surface area contributed by atoms with Crippen molar-refractivity contribution in [3.05, 3.63) is 51.7 Å². The summed E-state index contributed by atoms with van der Waals surface area (Å²) in [5.41, 5.74) is 2.48. The molecule has 0 saturated carbocycles. The Morgan fingerprint density at radius 3 is 3.05 bits per heavy atom. The third-order valence-corrected chi connectivity index (χ3v) is 4.97. The number of benzene rings is 1. The molecule has 1 amide bonds. The summed E-state index contributed by atoms with van der Waals surface area (Å²) in [5.74, 6) is 1.34. The Labute approximate surface area is 129 Å². The molecule has 0 aliphatic carbocycles. The minimum absolute atomic E-state index is 0.118. The molecule has 1 aromatic heterocycles. The van der Waals surface area contributed by atoms with Gasteiger partial charge in [-0.2, -0.15) is 0 Å². The highest BCUT2D eigenvalue weighted by molar-refractivity contribution is 7.10. The van der Waals surface area contributed by atoms with Gasteiger partial charge in [-0.1, -0.05) is 18.2 Å². The number of carbonyl (C=O) groups excluding carboxylic acids is 1. The van der Waals surface area contributed by atoms with E-state index in [-0.39, 0.29) is 11.8 Å². The quantitative estimate of drug-likeness (QED) is 0.920. The molecule has 0 bridgehead atoms. The lowest BCUT2D eigenvalue weighted by atomic mass is 10.0. The number of para-hydroxylation sites is 1. The molecule has 0 saturated heterocycles. The fourth-order valence-corrected chi connectivity index (χ4v) is 3.52. The second-order valence-corrected chi connectivity index (χ2v) is 6.38. The average molecular weight is 301 g/mol. The molecule has 110 valence electrons. The van der Waals surface area contributed by atoms with E-state index in [0.29, 0.717) is 19.6 Å². The molecule has 3 nitrogen and oxygen atoms in total. The van der Waals surface area contributed by atoms with Gasteiger partial charge >= 0.3 is 0 Å². The highest BCUT2D eigenvalue weighted by Crippen LogP contribution is 2.32. The predicted molar refractivity (Wildman–Crippen MR) is 85.1 cm³/mol. The highest BCUT2D eigenvalue weighted by atomic mass is 32.1. The van der Waals surface area contributed by atoms with E-state index in [1.807, 2.05) is 18.2 Å². The first kappa shape index (κ1) is 14.1. The summed E-state index contributed by atoms with van der Waals surface area (Å²) < 4.78 is 5.63. The van der Waals surface area contributed by atoms with Crippen molar-refractivity contribution in [3.63, 3.8) is 0 Å². The van der Waals surface area contributed by atoms with Crippen molar-refractivity contribution in [1.29, 1.82) is 0 Å². The van der Waals surface area contributed by atoms with Crippen molar-refractivity contribution in [3.8, 4) is 5.75 Å². The molecule has 0 unspecified atom stereocenters. The van der Waals surface area contributed by atoms with Crippen LogP contribution in [0.15, 0.2) is 35.7 Å². The number of amides is 1. The van der Waals surface area contributed by atoms with Crippen LogP contribution in [-0.4, -0.2) is 19.1 Å². The Hall–Kier alpha value is -1.81. The summed E-state index contributed by atoms with van der Waals surface area (Å²) in [5, 5.41) is 5.11. The molecule has 1 aliphatic heterocycles. The molecular weight excluding hydrogens is 282 g/mol. The van der Waals surface area contributed by atoms with E-state index in [0.717, 1.165) is 12.2 Å². The lowest BCUT2D eigenvalue weighted by Crippen LogP contribution is -2.29. The fourth-order valence-electron chi connectivity index (χ4n) is 2.61. The van der Waals surface area contributed by atoms with Crippen molar-refractivity contribution in [2.75, 3.05) is 13.2 Å². The van der Waals surface area contributed by atoms with E-state index in [1.54, 1.807) is 11.3 Å². The molecule has 0 spiro atoms. The monoisotopic (exact) mass is 301 g/mol. The molecule has 21 heavy (non-hydrogen) atoms. The summed E-state index contributed by atoms with van der Waals surface area (Å²) >= 11 is 1.73. The second kappa shape index (κ2) is 6.31. The molecule has 1 atom stereocenters. The lowest BCUT2D eigenvalue weighted by Gasteiger charge is -2.10. The number of aryl methyl sites for hydroxylation is 2. The third kappa shape index (κ3) is 3.27.